The van der Waals surface area contributed by atoms with Crippen molar-refractivity contribution in [1.29, 1.82) is 0 Å². The lowest BCUT2D eigenvalue weighted by atomic mass is 9.80. The van der Waals surface area contributed by atoms with Gasteiger partial charge in [0.1, 0.15) is 0 Å². The second-order valence-electron chi connectivity index (χ2n) is 19.7. The summed E-state index contributed by atoms with van der Waals surface area (Å²) in [5, 5.41) is 0. The third kappa shape index (κ3) is 6.68. The topological polar surface area (TPSA) is 3.24 Å². The van der Waals surface area contributed by atoms with Gasteiger partial charge in [0, 0.05) is 22.4 Å². The average molecular weight is 772 g/mol. The molecule has 0 amide bonds. The number of anilines is 3. The van der Waals surface area contributed by atoms with Crippen molar-refractivity contribution in [1.82, 2.24) is 0 Å². The maximum atomic E-state index is 2.61. The quantitative estimate of drug-likeness (QED) is 0.149. The standard InChI is InChI=1S/C58H61N/c1-58(2)55-23-12-11-22-51(55)54-37-53(44-28-26-41(27-29-44)40-14-5-3-6-15-40)57(38-56(54)58)59(47-32-30-43(31-33-47)52-35-39-24-25-46(52)34-39)48-19-13-18-45(36-48)50-21-10-9-20-49(50)42-16-7-4-8-17-42/h9-13,18-23,26-33,36-40,42,46,52H,3-8,14-17,24-25,34-35H2,1-2H3. The molecule has 6 aromatic rings. The number of hydrogen-bond donors (Lipinski definition) is 0. The van der Waals surface area contributed by atoms with Gasteiger partial charge in [-0.3, -0.25) is 0 Å². The molecule has 0 saturated heterocycles. The van der Waals surface area contributed by atoms with Crippen LogP contribution in [-0.2, 0) is 5.41 Å². The van der Waals surface area contributed by atoms with Gasteiger partial charge in [-0.1, -0.05) is 156 Å². The first-order valence-corrected chi connectivity index (χ1v) is 23.5. The highest BCUT2D eigenvalue weighted by Gasteiger charge is 2.40. The zero-order valence-electron chi connectivity index (χ0n) is 35.4. The fourth-order valence-corrected chi connectivity index (χ4v) is 12.8. The predicted octanol–water partition coefficient (Wildman–Crippen LogP) is 16.8. The first-order valence-electron chi connectivity index (χ1n) is 23.5. The maximum Gasteiger partial charge on any atom is 0.0543 e. The first kappa shape index (κ1) is 37.1. The molecule has 0 radical (unpaired) electrons. The highest BCUT2D eigenvalue weighted by Crippen LogP contribution is 2.55. The molecule has 5 aliphatic carbocycles. The zero-order valence-corrected chi connectivity index (χ0v) is 35.4. The minimum Gasteiger partial charge on any atom is -0.310 e. The number of hydrogen-bond acceptors (Lipinski definition) is 1. The van der Waals surface area contributed by atoms with Gasteiger partial charge in [0.05, 0.1) is 5.69 Å². The summed E-state index contributed by atoms with van der Waals surface area (Å²) in [5.41, 5.74) is 19.1. The molecule has 0 aliphatic heterocycles. The number of benzene rings is 6. The molecule has 59 heavy (non-hydrogen) atoms. The molecule has 5 aliphatic rings. The van der Waals surface area contributed by atoms with Crippen molar-refractivity contribution < 1.29 is 0 Å². The van der Waals surface area contributed by atoms with Crippen molar-refractivity contribution >= 4 is 17.1 Å². The Balaban J connectivity index is 1.09. The second-order valence-corrected chi connectivity index (χ2v) is 19.7. The maximum absolute atomic E-state index is 2.61. The van der Waals surface area contributed by atoms with Crippen LogP contribution in [0.15, 0.2) is 133 Å². The van der Waals surface area contributed by atoms with Crippen LogP contribution < -0.4 is 4.90 Å². The lowest BCUT2D eigenvalue weighted by Crippen LogP contribution is -2.17. The van der Waals surface area contributed by atoms with E-state index in [1.165, 1.54) is 163 Å². The van der Waals surface area contributed by atoms with Gasteiger partial charge in [0.2, 0.25) is 0 Å². The van der Waals surface area contributed by atoms with Crippen LogP contribution in [0, 0.1) is 11.8 Å². The largest absolute Gasteiger partial charge is 0.310 e. The average Bonchev–Trinajstić information content (AvgIpc) is 4.00. The third-order valence-electron chi connectivity index (χ3n) is 16.0. The van der Waals surface area contributed by atoms with Crippen LogP contribution in [0.3, 0.4) is 0 Å². The molecule has 0 aromatic heterocycles. The molecule has 6 aromatic carbocycles. The Labute approximate surface area is 353 Å². The highest BCUT2D eigenvalue weighted by molar-refractivity contribution is 5.95. The molecule has 0 spiro atoms. The summed E-state index contributed by atoms with van der Waals surface area (Å²) in [5.74, 6) is 3.85. The summed E-state index contributed by atoms with van der Waals surface area (Å²) < 4.78 is 0. The summed E-state index contributed by atoms with van der Waals surface area (Å²) in [6.07, 6.45) is 19.1. The first-order chi connectivity index (χ1) is 29.0. The van der Waals surface area contributed by atoms with Gasteiger partial charge in [-0.15, -0.1) is 0 Å². The molecular formula is C58H61N. The van der Waals surface area contributed by atoms with Gasteiger partial charge in [-0.25, -0.2) is 0 Å². The van der Waals surface area contributed by atoms with Crippen LogP contribution in [0.2, 0.25) is 0 Å². The monoisotopic (exact) mass is 771 g/mol. The smallest absolute Gasteiger partial charge is 0.0543 e. The summed E-state index contributed by atoms with van der Waals surface area (Å²) in [7, 11) is 0. The highest BCUT2D eigenvalue weighted by atomic mass is 15.1. The van der Waals surface area contributed by atoms with Gasteiger partial charge in [0.25, 0.3) is 0 Å². The third-order valence-corrected chi connectivity index (χ3v) is 16.0. The Morgan fingerprint density at radius 2 is 1.15 bits per heavy atom. The van der Waals surface area contributed by atoms with E-state index in [0.29, 0.717) is 17.8 Å². The van der Waals surface area contributed by atoms with Crippen molar-refractivity contribution in [2.24, 2.45) is 11.8 Å². The van der Waals surface area contributed by atoms with Crippen molar-refractivity contribution in [2.75, 3.05) is 4.90 Å². The molecule has 4 fully saturated rings. The molecule has 0 heterocycles. The predicted molar refractivity (Wildman–Crippen MR) is 249 cm³/mol. The normalized spacial score (nSPS) is 22.3. The van der Waals surface area contributed by atoms with E-state index in [9.17, 15) is 0 Å². The fourth-order valence-electron chi connectivity index (χ4n) is 12.8. The van der Waals surface area contributed by atoms with E-state index in [-0.39, 0.29) is 5.41 Å². The van der Waals surface area contributed by atoms with Crippen LogP contribution >= 0.6 is 0 Å². The van der Waals surface area contributed by atoms with Crippen molar-refractivity contribution in [3.8, 4) is 33.4 Å². The summed E-state index contributed by atoms with van der Waals surface area (Å²) in [4.78, 5) is 2.61. The van der Waals surface area contributed by atoms with Gasteiger partial charge in [-0.2, -0.15) is 0 Å². The van der Waals surface area contributed by atoms with Gasteiger partial charge < -0.3 is 4.90 Å². The van der Waals surface area contributed by atoms with Crippen molar-refractivity contribution in [3.63, 3.8) is 0 Å². The van der Waals surface area contributed by atoms with Crippen LogP contribution in [0.4, 0.5) is 17.1 Å². The molecule has 2 bridgehead atoms. The molecule has 11 rings (SSSR count). The van der Waals surface area contributed by atoms with E-state index in [4.69, 9.17) is 0 Å². The Kier molecular flexibility index (Phi) is 9.63. The van der Waals surface area contributed by atoms with Gasteiger partial charge in [0.15, 0.2) is 0 Å². The van der Waals surface area contributed by atoms with E-state index in [2.05, 4.69) is 152 Å². The molecule has 1 heteroatoms. The van der Waals surface area contributed by atoms with E-state index >= 15 is 0 Å². The van der Waals surface area contributed by atoms with Crippen LogP contribution in [0.5, 0.6) is 0 Å². The van der Waals surface area contributed by atoms with Crippen molar-refractivity contribution in [3.05, 3.63) is 161 Å². The Bertz CT molecular complexity index is 2460. The molecular weight excluding hydrogens is 711 g/mol. The molecule has 3 atom stereocenters. The number of rotatable bonds is 8. The molecule has 0 N–H and O–H groups in total. The van der Waals surface area contributed by atoms with E-state index < -0.39 is 0 Å². The van der Waals surface area contributed by atoms with Gasteiger partial charge in [-0.05, 0) is 167 Å². The van der Waals surface area contributed by atoms with Crippen LogP contribution in [0.25, 0.3) is 33.4 Å². The Morgan fingerprint density at radius 3 is 1.88 bits per heavy atom. The van der Waals surface area contributed by atoms with Crippen LogP contribution in [-0.4, -0.2) is 0 Å². The Hall–Kier alpha value is -4.88. The second kappa shape index (κ2) is 15.3. The molecule has 298 valence electrons. The molecule has 1 nitrogen and oxygen atoms in total. The molecule has 4 saturated carbocycles. The Morgan fingerprint density at radius 1 is 0.458 bits per heavy atom. The van der Waals surface area contributed by atoms with Crippen LogP contribution in [0.1, 0.15) is 149 Å². The number of nitrogens with zero attached hydrogens (tertiary/aromatic N) is 1. The van der Waals surface area contributed by atoms with E-state index in [1.807, 2.05) is 0 Å². The SMILES string of the molecule is CC1(C)c2ccccc2-c2cc(-c3ccc(C4CCCCC4)cc3)c(N(c3ccc(C4CC5CCC4C5)cc3)c3cccc(-c4ccccc4C4CCCCC4)c3)cc21. The zero-order chi connectivity index (χ0) is 39.5. The lowest BCUT2D eigenvalue weighted by Gasteiger charge is -2.31. The minimum absolute atomic E-state index is 0.109. The fraction of sp³-hybridized carbons (Fsp3) is 0.379. The lowest BCUT2D eigenvalue weighted by molar-refractivity contribution is 0.420. The summed E-state index contributed by atoms with van der Waals surface area (Å²) in [6.45, 7) is 4.86. The summed E-state index contributed by atoms with van der Waals surface area (Å²) >= 11 is 0. The summed E-state index contributed by atoms with van der Waals surface area (Å²) in [6, 6.07) is 52.8. The van der Waals surface area contributed by atoms with E-state index in [0.717, 1.165) is 11.8 Å². The molecule has 3 unspecified atom stereocenters. The van der Waals surface area contributed by atoms with Gasteiger partial charge >= 0.3 is 0 Å². The minimum atomic E-state index is -0.109. The van der Waals surface area contributed by atoms with E-state index in [1.54, 1.807) is 5.56 Å². The van der Waals surface area contributed by atoms with Crippen molar-refractivity contribution in [2.45, 2.75) is 127 Å². The number of fused-ring (bicyclic) bond motifs is 5.